The Bertz CT molecular complexity index is 389. The molecular formula is C19H33NS. The Labute approximate surface area is 136 Å². The largest absolute Gasteiger partial charge is 0.309 e. The van der Waals surface area contributed by atoms with Crippen molar-refractivity contribution in [1.29, 1.82) is 0 Å². The molecule has 0 spiro atoms. The van der Waals surface area contributed by atoms with E-state index in [2.05, 4.69) is 82.9 Å². The summed E-state index contributed by atoms with van der Waals surface area (Å²) in [6, 6.07) is 9.68. The Morgan fingerprint density at radius 1 is 1.05 bits per heavy atom. The molecule has 2 heteroatoms. The summed E-state index contributed by atoms with van der Waals surface area (Å²) in [5, 5.41) is 3.70. The summed E-state index contributed by atoms with van der Waals surface area (Å²) in [5.41, 5.74) is 3.07. The van der Waals surface area contributed by atoms with Crippen molar-refractivity contribution in [3.05, 3.63) is 35.4 Å². The number of thioether (sulfide) groups is 1. The highest BCUT2D eigenvalue weighted by atomic mass is 32.2. The first-order valence-corrected chi connectivity index (χ1v) is 9.41. The lowest BCUT2D eigenvalue weighted by molar-refractivity contribution is 0.571. The predicted octanol–water partition coefficient (Wildman–Crippen LogP) is 5.41. The molecule has 1 unspecified atom stereocenters. The van der Waals surface area contributed by atoms with E-state index in [1.807, 2.05) is 0 Å². The van der Waals surface area contributed by atoms with Gasteiger partial charge in [-0.2, -0.15) is 11.8 Å². The molecular weight excluding hydrogens is 274 g/mol. The van der Waals surface area contributed by atoms with Gasteiger partial charge in [-0.3, -0.25) is 0 Å². The fraction of sp³-hybridized carbons (Fsp3) is 0.684. The molecule has 0 saturated carbocycles. The molecule has 0 amide bonds. The minimum absolute atomic E-state index is 0.233. The topological polar surface area (TPSA) is 12.0 Å². The number of benzene rings is 1. The molecule has 1 atom stereocenters. The van der Waals surface area contributed by atoms with Crippen LogP contribution in [0.1, 0.15) is 65.1 Å². The van der Waals surface area contributed by atoms with Gasteiger partial charge in [0, 0.05) is 11.8 Å². The molecule has 0 radical (unpaired) electrons. The van der Waals surface area contributed by atoms with Gasteiger partial charge in [-0.25, -0.2) is 0 Å². The maximum Gasteiger partial charge on any atom is 0.0411 e. The van der Waals surface area contributed by atoms with E-state index in [4.69, 9.17) is 0 Å². The van der Waals surface area contributed by atoms with Crippen LogP contribution in [0, 0.1) is 5.92 Å². The summed E-state index contributed by atoms with van der Waals surface area (Å²) in [6.07, 6.45) is 1.19. The van der Waals surface area contributed by atoms with Crippen LogP contribution in [0.4, 0.5) is 0 Å². The van der Waals surface area contributed by atoms with Gasteiger partial charge >= 0.3 is 0 Å². The highest BCUT2D eigenvalue weighted by Crippen LogP contribution is 2.25. The molecule has 0 saturated heterocycles. The van der Waals surface area contributed by atoms with Gasteiger partial charge in [0.25, 0.3) is 0 Å². The number of rotatable bonds is 8. The highest BCUT2D eigenvalue weighted by molar-refractivity contribution is 7.99. The van der Waals surface area contributed by atoms with E-state index >= 15 is 0 Å². The number of hydrogen-bond donors (Lipinski definition) is 1. The van der Waals surface area contributed by atoms with Crippen LogP contribution in [0.2, 0.25) is 0 Å². The van der Waals surface area contributed by atoms with Gasteiger partial charge in [-0.15, -0.1) is 0 Å². The molecule has 0 heterocycles. The zero-order valence-corrected chi connectivity index (χ0v) is 15.5. The molecule has 0 aromatic heterocycles. The lowest BCUT2D eigenvalue weighted by Gasteiger charge is -2.22. The Balaban J connectivity index is 2.72. The smallest absolute Gasteiger partial charge is 0.0411 e. The van der Waals surface area contributed by atoms with Crippen LogP contribution in [0.5, 0.6) is 0 Å². The van der Waals surface area contributed by atoms with E-state index in [0.29, 0.717) is 6.04 Å². The van der Waals surface area contributed by atoms with E-state index in [-0.39, 0.29) is 5.41 Å². The van der Waals surface area contributed by atoms with Gasteiger partial charge in [-0.1, -0.05) is 65.8 Å². The van der Waals surface area contributed by atoms with Gasteiger partial charge in [0.2, 0.25) is 0 Å². The molecule has 1 N–H and O–H groups in total. The van der Waals surface area contributed by atoms with Crippen LogP contribution in [0.25, 0.3) is 0 Å². The minimum atomic E-state index is 0.233. The molecule has 0 aliphatic carbocycles. The summed E-state index contributed by atoms with van der Waals surface area (Å²) >= 11 is 2.06. The van der Waals surface area contributed by atoms with E-state index in [1.54, 1.807) is 0 Å². The second-order valence-corrected chi connectivity index (χ2v) is 8.38. The standard InChI is InChI=1S/C19H33NS/c1-7-12-20-18(14-21-13-15(2)3)16-8-10-17(11-9-16)19(4,5)6/h8-11,15,18,20H,7,12-14H2,1-6H3. The Morgan fingerprint density at radius 2 is 1.67 bits per heavy atom. The zero-order chi connectivity index (χ0) is 15.9. The van der Waals surface area contributed by atoms with Crippen molar-refractivity contribution in [2.45, 2.75) is 59.4 Å². The lowest BCUT2D eigenvalue weighted by Crippen LogP contribution is -2.24. The quantitative estimate of drug-likeness (QED) is 0.689. The van der Waals surface area contributed by atoms with Crippen molar-refractivity contribution >= 4 is 11.8 Å². The lowest BCUT2D eigenvalue weighted by atomic mass is 9.86. The molecule has 0 bridgehead atoms. The Morgan fingerprint density at radius 3 is 2.14 bits per heavy atom. The van der Waals surface area contributed by atoms with Crippen LogP contribution in [0.15, 0.2) is 24.3 Å². The summed E-state index contributed by atoms with van der Waals surface area (Å²) in [4.78, 5) is 0. The summed E-state index contributed by atoms with van der Waals surface area (Å²) < 4.78 is 0. The molecule has 0 fully saturated rings. The van der Waals surface area contributed by atoms with Gasteiger partial charge in [0.05, 0.1) is 0 Å². The van der Waals surface area contributed by atoms with Crippen LogP contribution >= 0.6 is 11.8 Å². The maximum absolute atomic E-state index is 3.70. The van der Waals surface area contributed by atoms with Gasteiger partial charge < -0.3 is 5.32 Å². The number of hydrogen-bond acceptors (Lipinski definition) is 2. The van der Waals surface area contributed by atoms with Crippen molar-refractivity contribution in [2.75, 3.05) is 18.1 Å². The third-order valence-corrected chi connectivity index (χ3v) is 5.03. The van der Waals surface area contributed by atoms with Crippen molar-refractivity contribution in [1.82, 2.24) is 5.32 Å². The SMILES string of the molecule is CCCNC(CSCC(C)C)c1ccc(C(C)(C)C)cc1. The zero-order valence-electron chi connectivity index (χ0n) is 14.7. The first-order valence-electron chi connectivity index (χ1n) is 8.26. The summed E-state index contributed by atoms with van der Waals surface area (Å²) in [6.45, 7) is 14.7. The van der Waals surface area contributed by atoms with E-state index in [9.17, 15) is 0 Å². The van der Waals surface area contributed by atoms with Crippen LogP contribution in [-0.4, -0.2) is 18.1 Å². The molecule has 0 aliphatic rings. The third-order valence-electron chi connectivity index (χ3n) is 3.56. The Hall–Kier alpha value is -0.470. The molecule has 1 aromatic rings. The molecule has 1 nitrogen and oxygen atoms in total. The van der Waals surface area contributed by atoms with Crippen molar-refractivity contribution in [2.24, 2.45) is 5.92 Å². The van der Waals surface area contributed by atoms with Crippen LogP contribution < -0.4 is 5.32 Å². The molecule has 1 rings (SSSR count). The maximum atomic E-state index is 3.70. The van der Waals surface area contributed by atoms with Gasteiger partial charge in [0.15, 0.2) is 0 Å². The second-order valence-electron chi connectivity index (χ2n) is 7.31. The Kier molecular flexibility index (Phi) is 7.83. The third kappa shape index (κ3) is 6.88. The highest BCUT2D eigenvalue weighted by Gasteiger charge is 2.15. The normalized spacial score (nSPS) is 13.7. The van der Waals surface area contributed by atoms with Crippen molar-refractivity contribution in [3.63, 3.8) is 0 Å². The van der Waals surface area contributed by atoms with Crippen LogP contribution in [-0.2, 0) is 5.41 Å². The predicted molar refractivity (Wildman–Crippen MR) is 98.3 cm³/mol. The minimum Gasteiger partial charge on any atom is -0.309 e. The summed E-state index contributed by atoms with van der Waals surface area (Å²) in [7, 11) is 0. The fourth-order valence-corrected chi connectivity index (χ4v) is 3.38. The average molecular weight is 308 g/mol. The van der Waals surface area contributed by atoms with E-state index < -0.39 is 0 Å². The first kappa shape index (κ1) is 18.6. The van der Waals surface area contributed by atoms with E-state index in [1.165, 1.54) is 23.3 Å². The first-order chi connectivity index (χ1) is 9.84. The van der Waals surface area contributed by atoms with Gasteiger partial charge in [0.1, 0.15) is 0 Å². The van der Waals surface area contributed by atoms with Crippen molar-refractivity contribution < 1.29 is 0 Å². The molecule has 0 aliphatic heterocycles. The van der Waals surface area contributed by atoms with E-state index in [0.717, 1.165) is 18.2 Å². The fourth-order valence-electron chi connectivity index (χ4n) is 2.23. The molecule has 1 aromatic carbocycles. The second kappa shape index (κ2) is 8.85. The number of nitrogens with one attached hydrogen (secondary N) is 1. The van der Waals surface area contributed by atoms with Crippen LogP contribution in [0.3, 0.4) is 0 Å². The molecule has 120 valence electrons. The average Bonchev–Trinajstić information content (AvgIpc) is 2.41. The van der Waals surface area contributed by atoms with Gasteiger partial charge in [-0.05, 0) is 41.2 Å². The monoisotopic (exact) mass is 307 g/mol. The van der Waals surface area contributed by atoms with Crippen molar-refractivity contribution in [3.8, 4) is 0 Å². The summed E-state index contributed by atoms with van der Waals surface area (Å²) in [5.74, 6) is 3.17. The molecule has 21 heavy (non-hydrogen) atoms.